The number of amides is 1. The van der Waals surface area contributed by atoms with Crippen LogP contribution in [0.4, 0.5) is 4.79 Å². The van der Waals surface area contributed by atoms with Crippen LogP contribution in [0.3, 0.4) is 0 Å². The summed E-state index contributed by atoms with van der Waals surface area (Å²) in [6.45, 7) is 1.84. The number of carbonyl (C=O) groups is 2. The third-order valence-corrected chi connectivity index (χ3v) is 1.58. The summed E-state index contributed by atoms with van der Waals surface area (Å²) >= 11 is 0. The van der Waals surface area contributed by atoms with E-state index in [0.717, 1.165) is 0 Å². The number of Topliss-reactive ketones (excluding diaryl/α,β-unsaturated/α-hetero) is 1. The second-order valence-corrected chi connectivity index (χ2v) is 2.58. The summed E-state index contributed by atoms with van der Waals surface area (Å²) in [5, 5.41) is 2.41. The summed E-state index contributed by atoms with van der Waals surface area (Å²) in [5.74, 6) is -0.109. The predicted molar refractivity (Wildman–Crippen MR) is 46.5 cm³/mol. The molecule has 0 fully saturated rings. The van der Waals surface area contributed by atoms with E-state index < -0.39 is 12.1 Å². The predicted octanol–water partition coefficient (Wildman–Crippen LogP) is 0.337. The average Bonchev–Trinajstić information content (AvgIpc) is 2.11. The number of hydrogen-bond donors (Lipinski definition) is 1. The first-order valence-electron chi connectivity index (χ1n) is 3.95. The molecule has 0 spiro atoms. The molecule has 0 aliphatic carbocycles. The molecule has 1 N–H and O–H groups in total. The molecule has 0 aromatic heterocycles. The maximum atomic E-state index is 11.0. The van der Waals surface area contributed by atoms with E-state index in [1.54, 1.807) is 0 Å². The van der Waals surface area contributed by atoms with E-state index in [1.807, 2.05) is 0 Å². The van der Waals surface area contributed by atoms with Crippen molar-refractivity contribution in [2.24, 2.45) is 0 Å². The van der Waals surface area contributed by atoms with Gasteiger partial charge in [-0.3, -0.25) is 4.79 Å². The third kappa shape index (κ3) is 5.19. The Bertz CT molecular complexity index is 181. The van der Waals surface area contributed by atoms with Crippen molar-refractivity contribution in [3.63, 3.8) is 0 Å². The first-order valence-corrected chi connectivity index (χ1v) is 3.95. The van der Waals surface area contributed by atoms with Gasteiger partial charge in [-0.05, 0) is 13.3 Å². The number of alkyl carbamates (subject to hydrolysis) is 1. The van der Waals surface area contributed by atoms with Crippen LogP contribution in [0, 0.1) is 0 Å². The van der Waals surface area contributed by atoms with Gasteiger partial charge in [0, 0.05) is 13.7 Å². The Morgan fingerprint density at radius 2 is 2.00 bits per heavy atom. The molecule has 0 aliphatic rings. The van der Waals surface area contributed by atoms with Gasteiger partial charge in [-0.2, -0.15) is 0 Å². The van der Waals surface area contributed by atoms with Gasteiger partial charge < -0.3 is 14.8 Å². The van der Waals surface area contributed by atoms with Crippen LogP contribution in [0.25, 0.3) is 0 Å². The lowest BCUT2D eigenvalue weighted by molar-refractivity contribution is -0.119. The Kier molecular flexibility index (Phi) is 5.88. The van der Waals surface area contributed by atoms with Crippen LogP contribution < -0.4 is 5.32 Å². The van der Waals surface area contributed by atoms with Crippen LogP contribution >= 0.6 is 0 Å². The number of ether oxygens (including phenoxy) is 2. The van der Waals surface area contributed by atoms with E-state index in [9.17, 15) is 9.59 Å². The Balaban J connectivity index is 3.94. The van der Waals surface area contributed by atoms with E-state index in [0.29, 0.717) is 13.0 Å². The first kappa shape index (κ1) is 11.9. The first-order chi connectivity index (χ1) is 6.11. The van der Waals surface area contributed by atoms with E-state index in [2.05, 4.69) is 10.1 Å². The van der Waals surface area contributed by atoms with Crippen LogP contribution in [-0.4, -0.2) is 38.7 Å². The molecular weight excluding hydrogens is 174 g/mol. The van der Waals surface area contributed by atoms with E-state index >= 15 is 0 Å². The fraction of sp³-hybridized carbons (Fsp3) is 0.750. The number of rotatable bonds is 5. The molecule has 5 heteroatoms. The van der Waals surface area contributed by atoms with Gasteiger partial charge in [0.2, 0.25) is 0 Å². The van der Waals surface area contributed by atoms with Crippen LogP contribution in [0.5, 0.6) is 0 Å². The maximum Gasteiger partial charge on any atom is 0.407 e. The summed E-state index contributed by atoms with van der Waals surface area (Å²) in [7, 11) is 2.79. The fourth-order valence-electron chi connectivity index (χ4n) is 0.814. The molecular formula is C8H15NO4. The molecule has 1 unspecified atom stereocenters. The second kappa shape index (κ2) is 6.42. The van der Waals surface area contributed by atoms with E-state index in [-0.39, 0.29) is 5.78 Å². The van der Waals surface area contributed by atoms with Crippen molar-refractivity contribution in [3.8, 4) is 0 Å². The molecule has 0 heterocycles. The van der Waals surface area contributed by atoms with Crippen LogP contribution in [-0.2, 0) is 14.3 Å². The summed E-state index contributed by atoms with van der Waals surface area (Å²) < 4.78 is 9.16. The van der Waals surface area contributed by atoms with Crippen LogP contribution in [0.2, 0.25) is 0 Å². The lowest BCUT2D eigenvalue weighted by atomic mass is 10.1. The van der Waals surface area contributed by atoms with Crippen molar-refractivity contribution >= 4 is 11.9 Å². The van der Waals surface area contributed by atoms with Crippen molar-refractivity contribution in [1.82, 2.24) is 5.32 Å². The molecule has 0 aromatic rings. The normalized spacial score (nSPS) is 11.9. The van der Waals surface area contributed by atoms with Gasteiger partial charge in [0.05, 0.1) is 13.2 Å². The minimum Gasteiger partial charge on any atom is -0.453 e. The smallest absolute Gasteiger partial charge is 0.407 e. The standard InChI is InChI=1S/C8H15NO4/c1-6(10)7(4-5-12-2)9-8(11)13-3/h7H,4-5H2,1-3H3,(H,9,11). The van der Waals surface area contributed by atoms with Crippen molar-refractivity contribution in [1.29, 1.82) is 0 Å². The second-order valence-electron chi connectivity index (χ2n) is 2.58. The molecule has 1 amide bonds. The Labute approximate surface area is 77.4 Å². The minimum atomic E-state index is -0.601. The summed E-state index contributed by atoms with van der Waals surface area (Å²) in [6.07, 6.45) is -0.141. The minimum absolute atomic E-state index is 0.109. The largest absolute Gasteiger partial charge is 0.453 e. The molecule has 1 atom stereocenters. The van der Waals surface area contributed by atoms with E-state index in [1.165, 1.54) is 21.1 Å². The molecule has 0 radical (unpaired) electrons. The zero-order chi connectivity index (χ0) is 10.3. The molecule has 0 aromatic carbocycles. The number of hydrogen-bond acceptors (Lipinski definition) is 4. The van der Waals surface area contributed by atoms with Gasteiger partial charge in [-0.1, -0.05) is 0 Å². The number of ketones is 1. The van der Waals surface area contributed by atoms with Crippen molar-refractivity contribution in [2.45, 2.75) is 19.4 Å². The quantitative estimate of drug-likeness (QED) is 0.677. The molecule has 0 bridgehead atoms. The maximum absolute atomic E-state index is 11.0. The highest BCUT2D eigenvalue weighted by Gasteiger charge is 2.16. The monoisotopic (exact) mass is 189 g/mol. The molecule has 0 saturated heterocycles. The van der Waals surface area contributed by atoms with Crippen molar-refractivity contribution in [3.05, 3.63) is 0 Å². The van der Waals surface area contributed by atoms with Crippen molar-refractivity contribution in [2.75, 3.05) is 20.8 Å². The van der Waals surface area contributed by atoms with Gasteiger partial charge in [0.15, 0.2) is 5.78 Å². The molecule has 5 nitrogen and oxygen atoms in total. The fourth-order valence-corrected chi connectivity index (χ4v) is 0.814. The lowest BCUT2D eigenvalue weighted by Crippen LogP contribution is -2.40. The highest BCUT2D eigenvalue weighted by molar-refractivity contribution is 5.85. The molecule has 0 saturated carbocycles. The summed E-state index contributed by atoms with van der Waals surface area (Å²) in [6, 6.07) is -0.521. The Morgan fingerprint density at radius 3 is 2.38 bits per heavy atom. The summed E-state index contributed by atoms with van der Waals surface area (Å²) in [4.78, 5) is 21.7. The highest BCUT2D eigenvalue weighted by Crippen LogP contribution is 1.94. The molecule has 13 heavy (non-hydrogen) atoms. The third-order valence-electron chi connectivity index (χ3n) is 1.58. The topological polar surface area (TPSA) is 64.6 Å². The molecule has 76 valence electrons. The van der Waals surface area contributed by atoms with Crippen molar-refractivity contribution < 1.29 is 19.1 Å². The summed E-state index contributed by atoms with van der Waals surface area (Å²) in [5.41, 5.74) is 0. The SMILES string of the molecule is COCCC(NC(=O)OC)C(C)=O. The van der Waals surface area contributed by atoms with Gasteiger partial charge in [0.25, 0.3) is 0 Å². The van der Waals surface area contributed by atoms with Crippen LogP contribution in [0.15, 0.2) is 0 Å². The number of carbonyl (C=O) groups excluding carboxylic acids is 2. The van der Waals surface area contributed by atoms with Crippen LogP contribution in [0.1, 0.15) is 13.3 Å². The lowest BCUT2D eigenvalue weighted by Gasteiger charge is -2.13. The van der Waals surface area contributed by atoms with E-state index in [4.69, 9.17) is 4.74 Å². The average molecular weight is 189 g/mol. The molecule has 0 rings (SSSR count). The Hall–Kier alpha value is -1.10. The molecule has 0 aliphatic heterocycles. The zero-order valence-corrected chi connectivity index (χ0v) is 8.12. The number of nitrogens with one attached hydrogen (secondary N) is 1. The van der Waals surface area contributed by atoms with Gasteiger partial charge in [0.1, 0.15) is 0 Å². The van der Waals surface area contributed by atoms with Gasteiger partial charge in [-0.25, -0.2) is 4.79 Å². The zero-order valence-electron chi connectivity index (χ0n) is 8.12. The highest BCUT2D eigenvalue weighted by atomic mass is 16.5. The van der Waals surface area contributed by atoms with Gasteiger partial charge in [-0.15, -0.1) is 0 Å². The van der Waals surface area contributed by atoms with Gasteiger partial charge >= 0.3 is 6.09 Å². The Morgan fingerprint density at radius 1 is 1.38 bits per heavy atom. The number of methoxy groups -OCH3 is 2.